The van der Waals surface area contributed by atoms with Crippen molar-refractivity contribution in [1.29, 1.82) is 0 Å². The minimum atomic E-state index is -0.770. The maximum absolute atomic E-state index is 12.0. The number of nitrogens with zero attached hydrogens (tertiary/aromatic N) is 2. The molecule has 22 heavy (non-hydrogen) atoms. The minimum Gasteiger partial charge on any atom is -0.358 e. The number of hydrogen-bond acceptors (Lipinski definition) is 5. The highest BCUT2D eigenvalue weighted by Gasteiger charge is 2.25. The quantitative estimate of drug-likeness (QED) is 0.586. The normalized spacial score (nSPS) is 10.1. The summed E-state index contributed by atoms with van der Waals surface area (Å²) in [6, 6.07) is 6.29. The molecule has 0 bridgehead atoms. The van der Waals surface area contributed by atoms with E-state index in [9.17, 15) is 19.7 Å². The van der Waals surface area contributed by atoms with Gasteiger partial charge in [-0.05, 0) is 29.2 Å². The number of hydrogen-bond donors (Lipinski definition) is 3. The van der Waals surface area contributed by atoms with Gasteiger partial charge in [-0.3, -0.25) is 9.59 Å². The van der Waals surface area contributed by atoms with E-state index >= 15 is 0 Å². The van der Waals surface area contributed by atoms with Crippen LogP contribution in [-0.4, -0.2) is 26.9 Å². The Hall–Kier alpha value is -2.94. The molecule has 2 rings (SSSR count). The lowest BCUT2D eigenvalue weighted by atomic mass is 10.2. The third kappa shape index (κ3) is 3.38. The molecule has 1 heterocycles. The Balaban J connectivity index is 2.12. The van der Waals surface area contributed by atoms with Crippen molar-refractivity contribution in [3.63, 3.8) is 0 Å². The third-order valence-corrected chi connectivity index (χ3v) is 2.91. The first kappa shape index (κ1) is 15.4. The predicted octanol–water partition coefficient (Wildman–Crippen LogP) is 2.18. The summed E-state index contributed by atoms with van der Waals surface area (Å²) in [6.45, 7) is 1.38. The van der Waals surface area contributed by atoms with Crippen molar-refractivity contribution < 1.29 is 14.5 Å². The summed E-state index contributed by atoms with van der Waals surface area (Å²) in [6.07, 6.45) is 0. The molecular weight excluding hydrogens is 314 g/mol. The van der Waals surface area contributed by atoms with Gasteiger partial charge in [-0.25, -0.2) is 0 Å². The first-order valence-electron chi connectivity index (χ1n) is 5.95. The van der Waals surface area contributed by atoms with Gasteiger partial charge in [0.05, 0.1) is 0 Å². The van der Waals surface area contributed by atoms with Crippen LogP contribution in [0.2, 0.25) is 5.02 Å². The van der Waals surface area contributed by atoms with Crippen molar-refractivity contribution in [2.24, 2.45) is 0 Å². The number of H-pyrrole nitrogens is 1. The molecule has 10 heteroatoms. The molecule has 0 aliphatic rings. The van der Waals surface area contributed by atoms with Crippen LogP contribution < -0.4 is 10.6 Å². The average Bonchev–Trinajstić information content (AvgIpc) is 2.82. The number of nitrogens with one attached hydrogen (secondary N) is 3. The molecule has 0 spiro atoms. The summed E-state index contributed by atoms with van der Waals surface area (Å²) in [7, 11) is 0. The Morgan fingerprint density at radius 2 is 1.77 bits per heavy atom. The zero-order valence-corrected chi connectivity index (χ0v) is 12.0. The Morgan fingerprint density at radius 1 is 1.23 bits per heavy atom. The number of carbonyl (C=O) groups excluding carboxylic acids is 2. The number of anilines is 2. The Kier molecular flexibility index (Phi) is 4.37. The fourth-order valence-electron chi connectivity index (χ4n) is 1.62. The van der Waals surface area contributed by atoms with Crippen LogP contribution >= 0.6 is 11.6 Å². The second-order valence-corrected chi connectivity index (χ2v) is 4.58. The van der Waals surface area contributed by atoms with Crippen molar-refractivity contribution in [3.05, 3.63) is 45.1 Å². The molecule has 114 valence electrons. The van der Waals surface area contributed by atoms with E-state index in [1.54, 1.807) is 24.3 Å². The van der Waals surface area contributed by atoms with Gasteiger partial charge in [0, 0.05) is 18.3 Å². The van der Waals surface area contributed by atoms with E-state index in [1.165, 1.54) is 6.92 Å². The zero-order chi connectivity index (χ0) is 16.3. The van der Waals surface area contributed by atoms with E-state index in [4.69, 9.17) is 11.6 Å². The number of amides is 2. The van der Waals surface area contributed by atoms with Crippen molar-refractivity contribution in [1.82, 2.24) is 10.2 Å². The van der Waals surface area contributed by atoms with Crippen molar-refractivity contribution >= 4 is 40.6 Å². The van der Waals surface area contributed by atoms with Crippen LogP contribution in [0.1, 0.15) is 17.4 Å². The van der Waals surface area contributed by atoms with Crippen molar-refractivity contribution in [2.75, 3.05) is 10.6 Å². The number of halogens is 1. The zero-order valence-electron chi connectivity index (χ0n) is 11.2. The van der Waals surface area contributed by atoms with Crippen LogP contribution in [-0.2, 0) is 4.79 Å². The standard InChI is InChI=1S/C12H10ClN5O4/c1-6(19)14-7-2-4-8(5-3-7)15-12(20)10-9(13)11(17-16-10)18(21)22/h2-5H,1H3,(H,14,19)(H,15,20)(H,16,17). The number of carbonyl (C=O) groups is 2. The molecule has 0 unspecified atom stereocenters. The fourth-order valence-corrected chi connectivity index (χ4v) is 1.86. The second kappa shape index (κ2) is 6.22. The van der Waals surface area contributed by atoms with E-state index in [0.29, 0.717) is 11.4 Å². The van der Waals surface area contributed by atoms with E-state index in [0.717, 1.165) is 0 Å². The van der Waals surface area contributed by atoms with Gasteiger partial charge in [0.15, 0.2) is 10.7 Å². The van der Waals surface area contributed by atoms with Crippen LogP contribution in [0.5, 0.6) is 0 Å². The van der Waals surface area contributed by atoms with E-state index in [1.807, 2.05) is 0 Å². The highest BCUT2D eigenvalue weighted by molar-refractivity contribution is 6.35. The molecule has 1 aromatic heterocycles. The molecule has 0 saturated heterocycles. The molecule has 0 atom stereocenters. The molecule has 3 N–H and O–H groups in total. The average molecular weight is 324 g/mol. The molecule has 9 nitrogen and oxygen atoms in total. The number of benzene rings is 1. The van der Waals surface area contributed by atoms with Gasteiger partial charge >= 0.3 is 5.82 Å². The smallest absolute Gasteiger partial charge is 0.358 e. The number of nitro groups is 1. The van der Waals surface area contributed by atoms with Crippen LogP contribution in [0.25, 0.3) is 0 Å². The lowest BCUT2D eigenvalue weighted by Crippen LogP contribution is -2.13. The minimum absolute atomic E-state index is 0.215. The SMILES string of the molecule is CC(=O)Nc1ccc(NC(=O)c2n[nH]c([N+](=O)[O-])c2Cl)cc1. The second-order valence-electron chi connectivity index (χ2n) is 4.20. The summed E-state index contributed by atoms with van der Waals surface area (Å²) in [5.41, 5.74) is 0.707. The number of rotatable bonds is 4. The van der Waals surface area contributed by atoms with Gasteiger partial charge in [0.2, 0.25) is 5.91 Å². The monoisotopic (exact) mass is 323 g/mol. The van der Waals surface area contributed by atoms with Crippen molar-refractivity contribution in [2.45, 2.75) is 6.92 Å². The highest BCUT2D eigenvalue weighted by Crippen LogP contribution is 2.25. The topological polar surface area (TPSA) is 130 Å². The van der Waals surface area contributed by atoms with E-state index in [-0.39, 0.29) is 16.6 Å². The summed E-state index contributed by atoms with van der Waals surface area (Å²) < 4.78 is 0. The highest BCUT2D eigenvalue weighted by atomic mass is 35.5. The lowest BCUT2D eigenvalue weighted by Gasteiger charge is -2.05. The molecular formula is C12H10ClN5O4. The van der Waals surface area contributed by atoms with Crippen LogP contribution in [0, 0.1) is 10.1 Å². The van der Waals surface area contributed by atoms with Crippen LogP contribution in [0.3, 0.4) is 0 Å². The lowest BCUT2D eigenvalue weighted by molar-refractivity contribution is -0.389. The number of aromatic nitrogens is 2. The van der Waals surface area contributed by atoms with Gasteiger partial charge in [-0.1, -0.05) is 16.7 Å². The van der Waals surface area contributed by atoms with Gasteiger partial charge < -0.3 is 20.7 Å². The van der Waals surface area contributed by atoms with Crippen LogP contribution in [0.4, 0.5) is 17.2 Å². The molecule has 0 fully saturated rings. The summed E-state index contributed by atoms with van der Waals surface area (Å²) >= 11 is 5.72. The predicted molar refractivity (Wildman–Crippen MR) is 79.0 cm³/mol. The van der Waals surface area contributed by atoms with Gasteiger partial charge in [-0.15, -0.1) is 5.10 Å². The number of aromatic amines is 1. The van der Waals surface area contributed by atoms with E-state index in [2.05, 4.69) is 20.8 Å². The third-order valence-electron chi connectivity index (χ3n) is 2.55. The first-order chi connectivity index (χ1) is 10.4. The van der Waals surface area contributed by atoms with Gasteiger partial charge in [0.1, 0.15) is 0 Å². The summed E-state index contributed by atoms with van der Waals surface area (Å²) in [4.78, 5) is 32.7. The fraction of sp³-hybridized carbons (Fsp3) is 0.0833. The van der Waals surface area contributed by atoms with E-state index < -0.39 is 16.6 Å². The largest absolute Gasteiger partial charge is 0.362 e. The molecule has 1 aromatic carbocycles. The Morgan fingerprint density at radius 3 is 2.23 bits per heavy atom. The van der Waals surface area contributed by atoms with Crippen molar-refractivity contribution in [3.8, 4) is 0 Å². The molecule has 0 radical (unpaired) electrons. The Labute approximate surface area is 128 Å². The van der Waals surface area contributed by atoms with Gasteiger partial charge in [0.25, 0.3) is 5.91 Å². The Bertz CT molecular complexity index is 740. The molecule has 0 aliphatic carbocycles. The maximum atomic E-state index is 12.0. The maximum Gasteiger partial charge on any atom is 0.362 e. The summed E-state index contributed by atoms with van der Waals surface area (Å²) in [5.74, 6) is -1.46. The first-order valence-corrected chi connectivity index (χ1v) is 6.33. The van der Waals surface area contributed by atoms with Crippen LogP contribution in [0.15, 0.2) is 24.3 Å². The molecule has 2 amide bonds. The molecule has 2 aromatic rings. The molecule has 0 aliphatic heterocycles. The summed E-state index contributed by atoms with van der Waals surface area (Å²) in [5, 5.41) is 20.9. The molecule has 0 saturated carbocycles. The van der Waals surface area contributed by atoms with Gasteiger partial charge in [-0.2, -0.15) is 0 Å².